The van der Waals surface area contributed by atoms with Gasteiger partial charge in [-0.15, -0.1) is 0 Å². The second kappa shape index (κ2) is 9.86. The Labute approximate surface area is 107 Å². The second-order valence-electron chi connectivity index (χ2n) is 1.81. The molecule has 0 radical (unpaired) electrons. The number of carbonyl (C=O) groups excluding carboxylic acids is 2. The van der Waals surface area contributed by atoms with Crippen LogP contribution in [0, 0.1) is 0 Å². The number of hydrogen-bond acceptors (Lipinski definition) is 5. The fourth-order valence-electron chi connectivity index (χ4n) is 0.457. The van der Waals surface area contributed by atoms with Crippen molar-refractivity contribution in [1.29, 1.82) is 0 Å². The van der Waals surface area contributed by atoms with Gasteiger partial charge in [-0.25, -0.2) is 0 Å². The van der Waals surface area contributed by atoms with Crippen molar-refractivity contribution in [3.63, 3.8) is 0 Å². The summed E-state index contributed by atoms with van der Waals surface area (Å²) in [4.78, 5) is 19.6. The Bertz CT molecular complexity index is 136. The Morgan fingerprint density at radius 3 is 1.50 bits per heavy atom. The van der Waals surface area contributed by atoms with Crippen LogP contribution < -0.4 is 10.2 Å². The van der Waals surface area contributed by atoms with Gasteiger partial charge in [0.2, 0.25) is 0 Å². The third-order valence-electron chi connectivity index (χ3n) is 0.805. The molecule has 4 nitrogen and oxygen atoms in total. The second-order valence-corrected chi connectivity index (χ2v) is 2.54. The van der Waals surface area contributed by atoms with E-state index in [0.29, 0.717) is 0 Å². The molecule has 0 aliphatic rings. The molecule has 0 unspecified atom stereocenters. The van der Waals surface area contributed by atoms with Crippen LogP contribution in [0.1, 0.15) is 12.8 Å². The van der Waals surface area contributed by atoms with Crippen LogP contribution in [-0.4, -0.2) is 17.2 Å². The molecule has 0 fully saturated rings. The molecular formula is C5H6Ag2O4S. The minimum Gasteiger partial charge on any atom is -0.550 e. The standard InChI is InChI=1S/C5H8O4S.2Ag/c6-4(7)1-3(10)2-5(8)9;;/h3,10H,1-2H2,(H,6,7)(H,8,9);;/q;2*+1/p-2. The largest absolute Gasteiger partial charge is 1.00 e. The number of thiol groups is 1. The van der Waals surface area contributed by atoms with Crippen LogP contribution in [-0.2, 0) is 54.3 Å². The Morgan fingerprint density at radius 2 is 1.33 bits per heavy atom. The molecule has 0 saturated carbocycles. The van der Waals surface area contributed by atoms with E-state index in [-0.39, 0.29) is 57.6 Å². The summed E-state index contributed by atoms with van der Waals surface area (Å²) in [6, 6.07) is 0. The van der Waals surface area contributed by atoms with Crippen molar-refractivity contribution < 1.29 is 64.6 Å². The Balaban J connectivity index is -0.000000405. The number of aliphatic carboxylic acids is 2. The molecule has 0 amide bonds. The third kappa shape index (κ3) is 13.4. The first kappa shape index (κ1) is 18.5. The average molecular weight is 378 g/mol. The van der Waals surface area contributed by atoms with Crippen molar-refractivity contribution in [1.82, 2.24) is 0 Å². The van der Waals surface area contributed by atoms with Gasteiger partial charge in [-0.1, -0.05) is 0 Å². The summed E-state index contributed by atoms with van der Waals surface area (Å²) in [6.07, 6.45) is -0.728. The SMILES string of the molecule is O=C([O-])CC(S)CC(=O)[O-].[Ag+].[Ag+]. The fraction of sp³-hybridized carbons (Fsp3) is 0.600. The van der Waals surface area contributed by atoms with Gasteiger partial charge in [0.25, 0.3) is 0 Å². The van der Waals surface area contributed by atoms with Crippen LogP contribution in [0.4, 0.5) is 0 Å². The Kier molecular flexibility index (Phi) is 15.2. The van der Waals surface area contributed by atoms with Gasteiger partial charge in [-0.3, -0.25) is 0 Å². The van der Waals surface area contributed by atoms with Gasteiger partial charge < -0.3 is 19.8 Å². The predicted molar refractivity (Wildman–Crippen MR) is 32.0 cm³/mol. The number of hydrogen-bond donors (Lipinski definition) is 1. The topological polar surface area (TPSA) is 80.3 Å². The molecule has 78 valence electrons. The summed E-state index contributed by atoms with van der Waals surface area (Å²) in [5.74, 6) is -2.61. The van der Waals surface area contributed by atoms with Gasteiger partial charge >= 0.3 is 44.8 Å². The summed E-state index contributed by atoms with van der Waals surface area (Å²) in [6.45, 7) is 0. The minimum absolute atomic E-state index is 0. The summed E-state index contributed by atoms with van der Waals surface area (Å²) in [7, 11) is 0. The maximum atomic E-state index is 9.82. The minimum atomic E-state index is -1.30. The maximum Gasteiger partial charge on any atom is 1.00 e. The molecule has 0 aromatic heterocycles. The van der Waals surface area contributed by atoms with Gasteiger partial charge in [-0.05, 0) is 12.8 Å². The Hall–Kier alpha value is 0.771. The van der Waals surface area contributed by atoms with Crippen LogP contribution >= 0.6 is 12.6 Å². The van der Waals surface area contributed by atoms with E-state index < -0.39 is 17.2 Å². The quantitative estimate of drug-likeness (QED) is 0.436. The zero-order chi connectivity index (χ0) is 8.15. The Morgan fingerprint density at radius 1 is 1.08 bits per heavy atom. The average Bonchev–Trinajstić information content (AvgIpc) is 1.58. The van der Waals surface area contributed by atoms with Gasteiger partial charge in [0.05, 0.1) is 0 Å². The first-order valence-electron chi connectivity index (χ1n) is 2.60. The van der Waals surface area contributed by atoms with E-state index in [1.807, 2.05) is 0 Å². The smallest absolute Gasteiger partial charge is 0.550 e. The molecule has 0 saturated heterocycles. The molecule has 0 aromatic carbocycles. The zero-order valence-corrected chi connectivity index (χ0v) is 9.53. The van der Waals surface area contributed by atoms with Crippen molar-refractivity contribution >= 4 is 24.6 Å². The van der Waals surface area contributed by atoms with Crippen LogP contribution in [0.3, 0.4) is 0 Å². The van der Waals surface area contributed by atoms with Crippen LogP contribution in [0.2, 0.25) is 0 Å². The molecule has 0 aliphatic heterocycles. The number of rotatable bonds is 4. The van der Waals surface area contributed by atoms with E-state index in [0.717, 1.165) is 0 Å². The number of carboxylic acids is 2. The fourth-order valence-corrected chi connectivity index (χ4v) is 0.755. The van der Waals surface area contributed by atoms with Gasteiger partial charge in [0.15, 0.2) is 0 Å². The summed E-state index contributed by atoms with van der Waals surface area (Å²) >= 11 is 3.67. The van der Waals surface area contributed by atoms with E-state index in [9.17, 15) is 19.8 Å². The molecule has 0 N–H and O–H groups in total. The van der Waals surface area contributed by atoms with Crippen LogP contribution in [0.5, 0.6) is 0 Å². The zero-order valence-electron chi connectivity index (χ0n) is 5.67. The molecule has 0 aromatic rings. The normalized spacial score (nSPS) is 8.17. The van der Waals surface area contributed by atoms with Crippen LogP contribution in [0.15, 0.2) is 0 Å². The van der Waals surface area contributed by atoms with E-state index in [2.05, 4.69) is 12.6 Å². The molecular weight excluding hydrogens is 372 g/mol. The third-order valence-corrected chi connectivity index (χ3v) is 1.17. The predicted octanol–water partition coefficient (Wildman–Crippen LogP) is -2.44. The van der Waals surface area contributed by atoms with Crippen molar-refractivity contribution in [2.24, 2.45) is 0 Å². The number of carboxylic acid groups (broad SMARTS) is 2. The van der Waals surface area contributed by atoms with Crippen molar-refractivity contribution in [3.8, 4) is 0 Å². The molecule has 0 spiro atoms. The summed E-state index contributed by atoms with van der Waals surface area (Å²) < 4.78 is 0. The molecule has 0 atom stereocenters. The van der Waals surface area contributed by atoms with Crippen molar-refractivity contribution in [3.05, 3.63) is 0 Å². The molecule has 0 bridgehead atoms. The molecule has 0 aliphatic carbocycles. The summed E-state index contributed by atoms with van der Waals surface area (Å²) in [5.41, 5.74) is 0. The first-order valence-corrected chi connectivity index (χ1v) is 3.11. The monoisotopic (exact) mass is 376 g/mol. The van der Waals surface area contributed by atoms with Gasteiger partial charge in [-0.2, -0.15) is 12.6 Å². The van der Waals surface area contributed by atoms with Crippen molar-refractivity contribution in [2.45, 2.75) is 18.1 Å². The van der Waals surface area contributed by atoms with E-state index in [1.54, 1.807) is 0 Å². The first-order chi connectivity index (χ1) is 4.52. The molecule has 12 heavy (non-hydrogen) atoms. The van der Waals surface area contributed by atoms with E-state index >= 15 is 0 Å². The van der Waals surface area contributed by atoms with Gasteiger partial charge in [0.1, 0.15) is 0 Å². The molecule has 7 heteroatoms. The van der Waals surface area contributed by atoms with E-state index in [4.69, 9.17) is 0 Å². The van der Waals surface area contributed by atoms with Crippen LogP contribution in [0.25, 0.3) is 0 Å². The number of carbonyl (C=O) groups is 2. The molecule has 0 heterocycles. The van der Waals surface area contributed by atoms with Gasteiger partial charge in [0, 0.05) is 17.2 Å². The summed E-state index contributed by atoms with van der Waals surface area (Å²) in [5, 5.41) is 18.9. The van der Waals surface area contributed by atoms with Crippen molar-refractivity contribution in [2.75, 3.05) is 0 Å². The van der Waals surface area contributed by atoms with E-state index in [1.165, 1.54) is 0 Å². The molecule has 0 rings (SSSR count). The maximum absolute atomic E-state index is 9.82.